The number of amides is 2. The molecule has 0 saturated carbocycles. The molecule has 0 bridgehead atoms. The highest BCUT2D eigenvalue weighted by Gasteiger charge is 2.34. The Morgan fingerprint density at radius 2 is 1.62 bits per heavy atom. The van der Waals surface area contributed by atoms with E-state index < -0.39 is 40.9 Å². The molecule has 150 valence electrons. The average molecular weight is 410 g/mol. The second-order valence-electron chi connectivity index (χ2n) is 5.77. The highest BCUT2D eigenvalue weighted by Crippen LogP contribution is 2.37. The van der Waals surface area contributed by atoms with Crippen LogP contribution in [0.25, 0.3) is 0 Å². The van der Waals surface area contributed by atoms with E-state index >= 15 is 0 Å². The van der Waals surface area contributed by atoms with Gasteiger partial charge in [-0.2, -0.15) is 13.2 Å². The molecule has 0 aliphatic carbocycles. The van der Waals surface area contributed by atoms with Gasteiger partial charge in [0.1, 0.15) is 0 Å². The Morgan fingerprint density at radius 1 is 0.862 bits per heavy atom. The van der Waals surface area contributed by atoms with E-state index in [9.17, 15) is 31.5 Å². The summed E-state index contributed by atoms with van der Waals surface area (Å²) < 4.78 is 71.3. The van der Waals surface area contributed by atoms with Gasteiger partial charge < -0.3 is 15.1 Å². The van der Waals surface area contributed by atoms with Crippen molar-refractivity contribution in [2.75, 3.05) is 10.6 Å². The molecular formula is C19H11F5N2O3. The quantitative estimate of drug-likeness (QED) is 0.590. The molecule has 0 fully saturated rings. The molecule has 2 amide bonds. The second kappa shape index (κ2) is 7.74. The summed E-state index contributed by atoms with van der Waals surface area (Å²) in [6.07, 6.45) is -3.64. The maximum atomic E-state index is 13.4. The number of halogens is 5. The van der Waals surface area contributed by atoms with Crippen LogP contribution in [0.2, 0.25) is 0 Å². The number of alkyl halides is 3. The van der Waals surface area contributed by atoms with Crippen LogP contribution < -0.4 is 10.6 Å². The first kappa shape index (κ1) is 20.1. The highest BCUT2D eigenvalue weighted by molar-refractivity contribution is 6.05. The maximum Gasteiger partial charge on any atom is 0.418 e. The zero-order valence-electron chi connectivity index (χ0n) is 14.3. The summed E-state index contributed by atoms with van der Waals surface area (Å²) in [5.74, 6) is -4.45. The molecule has 0 spiro atoms. The first-order chi connectivity index (χ1) is 13.6. The molecule has 0 atom stereocenters. The van der Waals surface area contributed by atoms with Crippen LogP contribution in [0.3, 0.4) is 0 Å². The molecule has 0 unspecified atom stereocenters. The summed E-state index contributed by atoms with van der Waals surface area (Å²) >= 11 is 0. The maximum absolute atomic E-state index is 13.4. The summed E-state index contributed by atoms with van der Waals surface area (Å²) in [4.78, 5) is 24.0. The van der Waals surface area contributed by atoms with Gasteiger partial charge in [-0.1, -0.05) is 0 Å². The number of hydrogen-bond acceptors (Lipinski definition) is 3. The van der Waals surface area contributed by atoms with Crippen molar-refractivity contribution in [3.05, 3.63) is 83.3 Å². The topological polar surface area (TPSA) is 71.3 Å². The van der Waals surface area contributed by atoms with Crippen LogP contribution in [0.5, 0.6) is 0 Å². The third kappa shape index (κ3) is 4.60. The molecule has 0 aliphatic rings. The summed E-state index contributed by atoms with van der Waals surface area (Å²) in [6.45, 7) is 0. The van der Waals surface area contributed by atoms with Gasteiger partial charge in [-0.25, -0.2) is 8.78 Å². The van der Waals surface area contributed by atoms with Crippen molar-refractivity contribution in [1.29, 1.82) is 0 Å². The summed E-state index contributed by atoms with van der Waals surface area (Å²) in [5, 5.41) is 4.25. The van der Waals surface area contributed by atoms with Gasteiger partial charge in [0, 0.05) is 11.3 Å². The monoisotopic (exact) mass is 410 g/mol. The number of rotatable bonds is 4. The number of anilines is 2. The standard InChI is InChI=1S/C19H11F5N2O3/c20-13-5-3-10(8-14(13)21)17(27)26-15-6-4-11(9-12(15)19(22,23)24)25-18(28)16-2-1-7-29-16/h1-9H,(H,25,28)(H,26,27). The molecule has 1 aromatic heterocycles. The van der Waals surface area contributed by atoms with Crippen molar-refractivity contribution in [2.45, 2.75) is 6.18 Å². The van der Waals surface area contributed by atoms with Crippen molar-refractivity contribution < 1.29 is 36.0 Å². The Labute approximate surface area is 160 Å². The van der Waals surface area contributed by atoms with Gasteiger partial charge in [-0.3, -0.25) is 9.59 Å². The molecule has 0 radical (unpaired) electrons. The van der Waals surface area contributed by atoms with Crippen molar-refractivity contribution in [2.24, 2.45) is 0 Å². The third-order valence-corrected chi connectivity index (χ3v) is 3.76. The Morgan fingerprint density at radius 3 is 2.24 bits per heavy atom. The van der Waals surface area contributed by atoms with Crippen molar-refractivity contribution in [3.8, 4) is 0 Å². The molecule has 1 heterocycles. The first-order valence-electron chi connectivity index (χ1n) is 7.97. The number of furan rings is 1. The van der Waals surface area contributed by atoms with Crippen LogP contribution in [-0.2, 0) is 6.18 Å². The smallest absolute Gasteiger partial charge is 0.418 e. The Bertz CT molecular complexity index is 1060. The lowest BCUT2D eigenvalue weighted by Crippen LogP contribution is -2.18. The Balaban J connectivity index is 1.87. The van der Waals surface area contributed by atoms with Crippen molar-refractivity contribution in [3.63, 3.8) is 0 Å². The molecule has 0 saturated heterocycles. The van der Waals surface area contributed by atoms with E-state index in [1.807, 2.05) is 5.32 Å². The zero-order valence-corrected chi connectivity index (χ0v) is 14.3. The summed E-state index contributed by atoms with van der Waals surface area (Å²) in [6, 6.07) is 7.64. The molecule has 2 N–H and O–H groups in total. The van der Waals surface area contributed by atoms with E-state index in [2.05, 4.69) is 5.32 Å². The van der Waals surface area contributed by atoms with Gasteiger partial charge in [0.25, 0.3) is 11.8 Å². The van der Waals surface area contributed by atoms with E-state index in [0.717, 1.165) is 18.2 Å². The number of carbonyl (C=O) groups is 2. The summed E-state index contributed by atoms with van der Waals surface area (Å²) in [7, 11) is 0. The zero-order chi connectivity index (χ0) is 21.2. The minimum Gasteiger partial charge on any atom is -0.459 e. The lowest BCUT2D eigenvalue weighted by molar-refractivity contribution is -0.136. The fourth-order valence-corrected chi connectivity index (χ4v) is 2.40. The van der Waals surface area contributed by atoms with E-state index in [0.29, 0.717) is 18.2 Å². The van der Waals surface area contributed by atoms with Gasteiger partial charge >= 0.3 is 6.18 Å². The molecule has 3 aromatic rings. The van der Waals surface area contributed by atoms with E-state index in [1.165, 1.54) is 18.4 Å². The van der Waals surface area contributed by atoms with Crippen molar-refractivity contribution >= 4 is 23.2 Å². The van der Waals surface area contributed by atoms with Crippen LogP contribution in [0.4, 0.5) is 33.3 Å². The first-order valence-corrected chi connectivity index (χ1v) is 7.97. The van der Waals surface area contributed by atoms with Crippen LogP contribution in [-0.4, -0.2) is 11.8 Å². The number of carbonyl (C=O) groups excluding carboxylic acids is 2. The van der Waals surface area contributed by atoms with Crippen molar-refractivity contribution in [1.82, 2.24) is 0 Å². The molecule has 29 heavy (non-hydrogen) atoms. The number of hydrogen-bond donors (Lipinski definition) is 2. The van der Waals surface area contributed by atoms with Gasteiger partial charge in [0.15, 0.2) is 17.4 Å². The number of benzene rings is 2. The fraction of sp³-hybridized carbons (Fsp3) is 0.0526. The lowest BCUT2D eigenvalue weighted by atomic mass is 10.1. The van der Waals surface area contributed by atoms with E-state index in [-0.39, 0.29) is 17.0 Å². The van der Waals surface area contributed by atoms with Gasteiger partial charge in [-0.15, -0.1) is 0 Å². The normalized spacial score (nSPS) is 11.2. The minimum absolute atomic E-state index is 0.103. The summed E-state index contributed by atoms with van der Waals surface area (Å²) in [5.41, 5.74) is -2.43. The molecule has 10 heteroatoms. The Kier molecular flexibility index (Phi) is 5.35. The Hall–Kier alpha value is -3.69. The molecular weight excluding hydrogens is 399 g/mol. The van der Waals surface area contributed by atoms with Crippen LogP contribution in [0.15, 0.2) is 59.2 Å². The third-order valence-electron chi connectivity index (χ3n) is 3.76. The minimum atomic E-state index is -4.87. The fourth-order valence-electron chi connectivity index (χ4n) is 2.40. The lowest BCUT2D eigenvalue weighted by Gasteiger charge is -2.16. The predicted molar refractivity (Wildman–Crippen MR) is 92.4 cm³/mol. The van der Waals surface area contributed by atoms with Gasteiger partial charge in [-0.05, 0) is 48.5 Å². The van der Waals surface area contributed by atoms with Gasteiger partial charge in [0.05, 0.1) is 17.5 Å². The SMILES string of the molecule is O=C(Nc1ccc(NC(=O)c2ccco2)cc1C(F)(F)F)c1ccc(F)c(F)c1. The second-order valence-corrected chi connectivity index (χ2v) is 5.77. The molecule has 0 aliphatic heterocycles. The average Bonchev–Trinajstić information content (AvgIpc) is 3.19. The number of nitrogens with one attached hydrogen (secondary N) is 2. The van der Waals surface area contributed by atoms with Crippen LogP contribution in [0, 0.1) is 11.6 Å². The predicted octanol–water partition coefficient (Wildman–Crippen LogP) is 5.08. The largest absolute Gasteiger partial charge is 0.459 e. The van der Waals surface area contributed by atoms with Crippen LogP contribution in [0.1, 0.15) is 26.5 Å². The van der Waals surface area contributed by atoms with E-state index in [1.54, 1.807) is 0 Å². The van der Waals surface area contributed by atoms with Gasteiger partial charge in [0.2, 0.25) is 0 Å². The highest BCUT2D eigenvalue weighted by atomic mass is 19.4. The van der Waals surface area contributed by atoms with Crippen LogP contribution >= 0.6 is 0 Å². The molecule has 5 nitrogen and oxygen atoms in total. The molecule has 2 aromatic carbocycles. The van der Waals surface area contributed by atoms with E-state index in [4.69, 9.17) is 4.42 Å². The molecule has 3 rings (SSSR count).